The van der Waals surface area contributed by atoms with Crippen molar-refractivity contribution in [2.24, 2.45) is 0 Å². The Bertz CT molecular complexity index is 571. The zero-order valence-corrected chi connectivity index (χ0v) is 11.2. The lowest BCUT2D eigenvalue weighted by molar-refractivity contribution is -0.121. The minimum Gasteiger partial charge on any atom is -0.352 e. The van der Waals surface area contributed by atoms with Gasteiger partial charge in [0.2, 0.25) is 5.91 Å². The van der Waals surface area contributed by atoms with E-state index < -0.39 is 9.84 Å². The Labute approximate surface area is 111 Å². The molecule has 6 heteroatoms. The minimum atomic E-state index is -2.98. The molecule has 1 amide bonds. The Morgan fingerprint density at radius 2 is 2.21 bits per heavy atom. The van der Waals surface area contributed by atoms with Gasteiger partial charge in [-0.3, -0.25) is 4.79 Å². The highest BCUT2D eigenvalue weighted by atomic mass is 32.2. The van der Waals surface area contributed by atoms with Crippen LogP contribution in [0.4, 0.5) is 4.39 Å². The van der Waals surface area contributed by atoms with Gasteiger partial charge in [-0.1, -0.05) is 12.1 Å². The molecule has 1 aromatic rings. The van der Waals surface area contributed by atoms with Crippen molar-refractivity contribution in [3.05, 3.63) is 35.6 Å². The quantitative estimate of drug-likeness (QED) is 0.900. The van der Waals surface area contributed by atoms with Gasteiger partial charge in [0.05, 0.1) is 11.5 Å². The van der Waals surface area contributed by atoms with Crippen LogP contribution in [0.3, 0.4) is 0 Å². The summed E-state index contributed by atoms with van der Waals surface area (Å²) in [6, 6.07) is 5.84. The van der Waals surface area contributed by atoms with Crippen LogP contribution in [0.25, 0.3) is 0 Å². The normalized spacial score (nSPS) is 21.2. The van der Waals surface area contributed by atoms with Crippen LogP contribution < -0.4 is 5.32 Å². The summed E-state index contributed by atoms with van der Waals surface area (Å²) in [6.07, 6.45) is 1.16. The maximum absolute atomic E-state index is 12.9. The predicted molar refractivity (Wildman–Crippen MR) is 69.9 cm³/mol. The van der Waals surface area contributed by atoms with Gasteiger partial charge in [0.25, 0.3) is 0 Å². The third-order valence-electron chi connectivity index (χ3n) is 3.13. The van der Waals surface area contributed by atoms with Crippen molar-refractivity contribution in [3.63, 3.8) is 0 Å². The molecule has 0 bridgehead atoms. The van der Waals surface area contributed by atoms with Gasteiger partial charge in [-0.15, -0.1) is 0 Å². The number of carbonyl (C=O) groups is 1. The standard InChI is InChI=1S/C13H16FNO3S/c14-11-3-1-2-10(8-11)4-5-13(16)15-12-6-7-19(17,18)9-12/h1-3,8,12H,4-7,9H2,(H,15,16). The van der Waals surface area contributed by atoms with E-state index in [1.165, 1.54) is 12.1 Å². The summed E-state index contributed by atoms with van der Waals surface area (Å²) in [5, 5.41) is 2.71. The Kier molecular flexibility index (Phi) is 4.19. The lowest BCUT2D eigenvalue weighted by Gasteiger charge is -2.10. The Morgan fingerprint density at radius 3 is 2.84 bits per heavy atom. The second-order valence-electron chi connectivity index (χ2n) is 4.80. The molecule has 1 aliphatic heterocycles. The molecule has 1 aliphatic rings. The molecule has 0 spiro atoms. The maximum Gasteiger partial charge on any atom is 0.220 e. The number of hydrogen-bond acceptors (Lipinski definition) is 3. The van der Waals surface area contributed by atoms with Gasteiger partial charge in [-0.25, -0.2) is 12.8 Å². The second-order valence-corrected chi connectivity index (χ2v) is 7.03. The molecule has 1 N–H and O–H groups in total. The summed E-state index contributed by atoms with van der Waals surface area (Å²) in [5.41, 5.74) is 0.759. The van der Waals surface area contributed by atoms with Crippen molar-refractivity contribution in [1.82, 2.24) is 5.32 Å². The summed E-state index contributed by atoms with van der Waals surface area (Å²) in [6.45, 7) is 0. The largest absolute Gasteiger partial charge is 0.352 e. The molecule has 1 saturated heterocycles. The zero-order valence-electron chi connectivity index (χ0n) is 10.4. The number of amides is 1. The second kappa shape index (κ2) is 5.69. The topological polar surface area (TPSA) is 63.2 Å². The highest BCUT2D eigenvalue weighted by Gasteiger charge is 2.28. The molecule has 1 unspecified atom stereocenters. The molecule has 4 nitrogen and oxygen atoms in total. The molecule has 1 atom stereocenters. The molecule has 104 valence electrons. The number of halogens is 1. The van der Waals surface area contributed by atoms with E-state index in [1.807, 2.05) is 0 Å². The molecule has 2 rings (SSSR count). The molecular weight excluding hydrogens is 269 g/mol. The van der Waals surface area contributed by atoms with Gasteiger partial charge in [0.1, 0.15) is 5.82 Å². The van der Waals surface area contributed by atoms with Crippen molar-refractivity contribution >= 4 is 15.7 Å². The van der Waals surface area contributed by atoms with Gasteiger partial charge in [0, 0.05) is 12.5 Å². The predicted octanol–water partition coefficient (Wildman–Crippen LogP) is 1.06. The Balaban J connectivity index is 1.79. The number of aryl methyl sites for hydroxylation is 1. The summed E-state index contributed by atoms with van der Waals surface area (Å²) >= 11 is 0. The summed E-state index contributed by atoms with van der Waals surface area (Å²) in [7, 11) is -2.98. The molecule has 0 aromatic heterocycles. The molecule has 1 fully saturated rings. The van der Waals surface area contributed by atoms with E-state index in [-0.39, 0.29) is 35.7 Å². The maximum atomic E-state index is 12.9. The molecular formula is C13H16FNO3S. The van der Waals surface area contributed by atoms with E-state index in [4.69, 9.17) is 0 Å². The third-order valence-corrected chi connectivity index (χ3v) is 4.90. The highest BCUT2D eigenvalue weighted by Crippen LogP contribution is 2.12. The number of carbonyl (C=O) groups excluding carboxylic acids is 1. The van der Waals surface area contributed by atoms with Gasteiger partial charge in [-0.05, 0) is 30.5 Å². The van der Waals surface area contributed by atoms with E-state index in [9.17, 15) is 17.6 Å². The number of nitrogens with one attached hydrogen (secondary N) is 1. The van der Waals surface area contributed by atoms with Crippen molar-refractivity contribution < 1.29 is 17.6 Å². The first-order valence-electron chi connectivity index (χ1n) is 6.19. The molecule has 0 saturated carbocycles. The number of rotatable bonds is 4. The van der Waals surface area contributed by atoms with Crippen LogP contribution in [0.5, 0.6) is 0 Å². The van der Waals surface area contributed by atoms with E-state index in [0.29, 0.717) is 12.8 Å². The molecule has 19 heavy (non-hydrogen) atoms. The van der Waals surface area contributed by atoms with Gasteiger partial charge in [-0.2, -0.15) is 0 Å². The average Bonchev–Trinajstić information content (AvgIpc) is 2.66. The highest BCUT2D eigenvalue weighted by molar-refractivity contribution is 7.91. The van der Waals surface area contributed by atoms with Gasteiger partial charge >= 0.3 is 0 Å². The monoisotopic (exact) mass is 285 g/mol. The van der Waals surface area contributed by atoms with Crippen LogP contribution in [-0.2, 0) is 21.1 Å². The van der Waals surface area contributed by atoms with E-state index in [1.54, 1.807) is 12.1 Å². The van der Waals surface area contributed by atoms with Crippen molar-refractivity contribution in [1.29, 1.82) is 0 Å². The SMILES string of the molecule is O=C(CCc1cccc(F)c1)NC1CCS(=O)(=O)C1. The fraction of sp³-hybridized carbons (Fsp3) is 0.462. The van der Waals surface area contributed by atoms with Crippen LogP contribution in [-0.4, -0.2) is 31.9 Å². The smallest absolute Gasteiger partial charge is 0.220 e. The first-order valence-corrected chi connectivity index (χ1v) is 8.01. The van der Waals surface area contributed by atoms with Crippen LogP contribution >= 0.6 is 0 Å². The summed E-state index contributed by atoms with van der Waals surface area (Å²) in [4.78, 5) is 11.7. The zero-order chi connectivity index (χ0) is 13.9. The Hall–Kier alpha value is -1.43. The summed E-state index contributed by atoms with van der Waals surface area (Å²) < 4.78 is 35.4. The molecule has 1 heterocycles. The first-order chi connectivity index (χ1) is 8.94. The third kappa shape index (κ3) is 4.31. The fourth-order valence-electron chi connectivity index (χ4n) is 2.16. The minimum absolute atomic E-state index is 0.0265. The van der Waals surface area contributed by atoms with Crippen LogP contribution in [0.15, 0.2) is 24.3 Å². The molecule has 1 aromatic carbocycles. The number of benzene rings is 1. The van der Waals surface area contributed by atoms with Crippen molar-refractivity contribution in [2.75, 3.05) is 11.5 Å². The lowest BCUT2D eigenvalue weighted by Crippen LogP contribution is -2.35. The van der Waals surface area contributed by atoms with Crippen molar-refractivity contribution in [3.8, 4) is 0 Å². The van der Waals surface area contributed by atoms with Gasteiger partial charge < -0.3 is 5.32 Å². The van der Waals surface area contributed by atoms with Gasteiger partial charge in [0.15, 0.2) is 9.84 Å². The van der Waals surface area contributed by atoms with Crippen LogP contribution in [0.1, 0.15) is 18.4 Å². The molecule has 0 radical (unpaired) electrons. The number of hydrogen-bond donors (Lipinski definition) is 1. The Morgan fingerprint density at radius 1 is 1.42 bits per heavy atom. The van der Waals surface area contributed by atoms with Crippen LogP contribution in [0, 0.1) is 5.82 Å². The van der Waals surface area contributed by atoms with Crippen molar-refractivity contribution in [2.45, 2.75) is 25.3 Å². The van der Waals surface area contributed by atoms with E-state index in [0.717, 1.165) is 5.56 Å². The molecule has 0 aliphatic carbocycles. The summed E-state index contributed by atoms with van der Waals surface area (Å²) in [5.74, 6) is -0.341. The van der Waals surface area contributed by atoms with E-state index in [2.05, 4.69) is 5.32 Å². The fourth-order valence-corrected chi connectivity index (χ4v) is 3.83. The number of sulfone groups is 1. The average molecular weight is 285 g/mol. The van der Waals surface area contributed by atoms with Crippen LogP contribution in [0.2, 0.25) is 0 Å². The van der Waals surface area contributed by atoms with E-state index >= 15 is 0 Å². The lowest BCUT2D eigenvalue weighted by atomic mass is 10.1. The first kappa shape index (κ1) is 14.0.